The average molecular weight is 254 g/mol. The average Bonchev–Trinajstić information content (AvgIpc) is 2.47. The van der Waals surface area contributed by atoms with E-state index in [0.29, 0.717) is 23.3 Å². The number of ketones is 1. The summed E-state index contributed by atoms with van der Waals surface area (Å²) in [4.78, 5) is 12.3. The lowest BCUT2D eigenvalue weighted by Gasteiger charge is -2.20. The van der Waals surface area contributed by atoms with Crippen LogP contribution in [0.4, 0.5) is 0 Å². The molecular formula is C16H14O3. The largest absolute Gasteiger partial charge is 0.515 e. The van der Waals surface area contributed by atoms with E-state index >= 15 is 0 Å². The number of ether oxygens (including phenoxy) is 1. The lowest BCUT2D eigenvalue weighted by Crippen LogP contribution is -2.15. The number of hydrogen-bond donors (Lipinski definition) is 1. The van der Waals surface area contributed by atoms with Gasteiger partial charge in [0.1, 0.15) is 5.75 Å². The van der Waals surface area contributed by atoms with Crippen LogP contribution in [0.1, 0.15) is 22.3 Å². The van der Waals surface area contributed by atoms with Gasteiger partial charge in [0, 0.05) is 16.5 Å². The van der Waals surface area contributed by atoms with E-state index in [1.165, 1.54) is 0 Å². The molecule has 0 fully saturated rings. The fourth-order valence-corrected chi connectivity index (χ4v) is 2.71. The SMILES string of the molecule is COc1cc2c(c3ccccc13)CCC(=CO)C2=O. The van der Waals surface area contributed by atoms with Gasteiger partial charge >= 0.3 is 0 Å². The summed E-state index contributed by atoms with van der Waals surface area (Å²) in [5, 5.41) is 11.2. The van der Waals surface area contributed by atoms with Crippen molar-refractivity contribution in [2.45, 2.75) is 12.8 Å². The van der Waals surface area contributed by atoms with Gasteiger partial charge in [0.15, 0.2) is 5.78 Å². The van der Waals surface area contributed by atoms with E-state index in [1.54, 1.807) is 13.2 Å². The summed E-state index contributed by atoms with van der Waals surface area (Å²) in [7, 11) is 1.60. The summed E-state index contributed by atoms with van der Waals surface area (Å²) in [5.41, 5.74) is 2.15. The second-order valence-electron chi connectivity index (χ2n) is 4.63. The molecular weight excluding hydrogens is 240 g/mol. The van der Waals surface area contributed by atoms with E-state index in [9.17, 15) is 4.79 Å². The van der Waals surface area contributed by atoms with Crippen LogP contribution in [0.3, 0.4) is 0 Å². The second-order valence-corrected chi connectivity index (χ2v) is 4.63. The summed E-state index contributed by atoms with van der Waals surface area (Å²) in [5.74, 6) is 0.592. The Hall–Kier alpha value is -2.29. The van der Waals surface area contributed by atoms with Crippen molar-refractivity contribution in [1.29, 1.82) is 0 Å². The number of carbonyl (C=O) groups is 1. The van der Waals surface area contributed by atoms with Crippen LogP contribution >= 0.6 is 0 Å². The van der Waals surface area contributed by atoms with Crippen molar-refractivity contribution in [2.24, 2.45) is 0 Å². The fraction of sp³-hybridized carbons (Fsp3) is 0.188. The van der Waals surface area contributed by atoms with Crippen LogP contribution in [0.2, 0.25) is 0 Å². The Balaban J connectivity index is 2.35. The molecule has 0 heterocycles. The summed E-state index contributed by atoms with van der Waals surface area (Å²) in [6.45, 7) is 0. The molecule has 96 valence electrons. The number of allylic oxidation sites excluding steroid dienone is 1. The number of methoxy groups -OCH3 is 1. The third-order valence-electron chi connectivity index (χ3n) is 3.67. The van der Waals surface area contributed by atoms with Crippen molar-refractivity contribution in [3.63, 3.8) is 0 Å². The predicted molar refractivity (Wildman–Crippen MR) is 73.9 cm³/mol. The number of aliphatic hydroxyl groups is 1. The molecule has 1 aliphatic carbocycles. The molecule has 0 amide bonds. The van der Waals surface area contributed by atoms with Gasteiger partial charge < -0.3 is 9.84 Å². The van der Waals surface area contributed by atoms with E-state index in [4.69, 9.17) is 9.84 Å². The highest BCUT2D eigenvalue weighted by Crippen LogP contribution is 2.36. The Bertz CT molecular complexity index is 698. The molecule has 0 radical (unpaired) electrons. The molecule has 0 saturated heterocycles. The fourth-order valence-electron chi connectivity index (χ4n) is 2.71. The predicted octanol–water partition coefficient (Wildman–Crippen LogP) is 3.42. The molecule has 1 aliphatic rings. The molecule has 0 aromatic heterocycles. The molecule has 3 rings (SSSR count). The maximum absolute atomic E-state index is 12.3. The van der Waals surface area contributed by atoms with Gasteiger partial charge in [-0.2, -0.15) is 0 Å². The van der Waals surface area contributed by atoms with Crippen LogP contribution in [0.25, 0.3) is 10.8 Å². The summed E-state index contributed by atoms with van der Waals surface area (Å²) >= 11 is 0. The number of aliphatic hydroxyl groups excluding tert-OH is 1. The van der Waals surface area contributed by atoms with Gasteiger partial charge in [-0.15, -0.1) is 0 Å². The molecule has 0 bridgehead atoms. The van der Waals surface area contributed by atoms with Crippen LogP contribution in [0.5, 0.6) is 5.75 Å². The minimum atomic E-state index is -0.104. The smallest absolute Gasteiger partial charge is 0.192 e. The molecule has 1 N–H and O–H groups in total. The lowest BCUT2D eigenvalue weighted by molar-refractivity contribution is 0.102. The molecule has 2 aromatic carbocycles. The van der Waals surface area contributed by atoms with Gasteiger partial charge in [0.05, 0.1) is 13.4 Å². The number of hydrogen-bond acceptors (Lipinski definition) is 3. The first-order chi connectivity index (χ1) is 9.26. The maximum Gasteiger partial charge on any atom is 0.192 e. The number of fused-ring (bicyclic) bond motifs is 3. The van der Waals surface area contributed by atoms with Gasteiger partial charge in [-0.05, 0) is 29.9 Å². The zero-order valence-corrected chi connectivity index (χ0v) is 10.6. The van der Waals surface area contributed by atoms with Crippen LogP contribution in [0, 0.1) is 0 Å². The first-order valence-electron chi connectivity index (χ1n) is 6.23. The molecule has 0 saturated carbocycles. The van der Waals surface area contributed by atoms with Gasteiger partial charge in [-0.3, -0.25) is 4.79 Å². The minimum Gasteiger partial charge on any atom is -0.515 e. The second kappa shape index (κ2) is 4.43. The molecule has 0 atom stereocenters. The van der Waals surface area contributed by atoms with Crippen LogP contribution in [-0.4, -0.2) is 18.0 Å². The normalized spacial score (nSPS) is 16.7. The van der Waals surface area contributed by atoms with Crippen molar-refractivity contribution >= 4 is 16.6 Å². The van der Waals surface area contributed by atoms with Crippen LogP contribution in [0.15, 0.2) is 42.2 Å². The molecule has 0 unspecified atom stereocenters. The van der Waals surface area contributed by atoms with E-state index in [-0.39, 0.29) is 5.78 Å². The van der Waals surface area contributed by atoms with Gasteiger partial charge in [-0.25, -0.2) is 0 Å². The molecule has 2 aromatic rings. The van der Waals surface area contributed by atoms with Gasteiger partial charge in [0.25, 0.3) is 0 Å². The highest BCUT2D eigenvalue weighted by atomic mass is 16.5. The van der Waals surface area contributed by atoms with Crippen LogP contribution in [-0.2, 0) is 6.42 Å². The topological polar surface area (TPSA) is 46.5 Å². The first-order valence-corrected chi connectivity index (χ1v) is 6.23. The van der Waals surface area contributed by atoms with E-state index in [2.05, 4.69) is 0 Å². The van der Waals surface area contributed by atoms with E-state index in [0.717, 1.165) is 29.0 Å². The Morgan fingerprint density at radius 1 is 1.21 bits per heavy atom. The summed E-state index contributed by atoms with van der Waals surface area (Å²) < 4.78 is 5.38. The van der Waals surface area contributed by atoms with Crippen molar-refractivity contribution < 1.29 is 14.6 Å². The van der Waals surface area contributed by atoms with Crippen LogP contribution < -0.4 is 4.74 Å². The van der Waals surface area contributed by atoms with Gasteiger partial charge in [-0.1, -0.05) is 24.3 Å². The molecule has 19 heavy (non-hydrogen) atoms. The number of carbonyl (C=O) groups excluding carboxylic acids is 1. The van der Waals surface area contributed by atoms with Crippen molar-refractivity contribution in [1.82, 2.24) is 0 Å². The van der Waals surface area contributed by atoms with E-state index < -0.39 is 0 Å². The monoisotopic (exact) mass is 254 g/mol. The Kier molecular flexibility index (Phi) is 2.75. The summed E-state index contributed by atoms with van der Waals surface area (Å²) in [6.07, 6.45) is 2.27. The van der Waals surface area contributed by atoms with Crippen molar-refractivity contribution in [2.75, 3.05) is 7.11 Å². The number of aryl methyl sites for hydroxylation is 1. The molecule has 3 nitrogen and oxygen atoms in total. The highest BCUT2D eigenvalue weighted by Gasteiger charge is 2.25. The molecule has 0 spiro atoms. The Labute approximate surface area is 111 Å². The molecule has 0 aliphatic heterocycles. The Morgan fingerprint density at radius 3 is 2.63 bits per heavy atom. The molecule has 3 heteroatoms. The third kappa shape index (κ3) is 1.70. The Morgan fingerprint density at radius 2 is 1.95 bits per heavy atom. The van der Waals surface area contributed by atoms with Crippen molar-refractivity contribution in [3.8, 4) is 5.75 Å². The quantitative estimate of drug-likeness (QED) is 0.626. The number of benzene rings is 2. The standard InChI is InChI=1S/C16H14O3/c1-19-15-8-14-12(7-6-10(9-17)16(14)18)11-4-2-3-5-13(11)15/h2-5,8-9,17H,6-7H2,1H3. The minimum absolute atomic E-state index is 0.104. The zero-order valence-electron chi connectivity index (χ0n) is 10.6. The highest BCUT2D eigenvalue weighted by molar-refractivity contribution is 6.14. The first kappa shape index (κ1) is 11.8. The summed E-state index contributed by atoms with van der Waals surface area (Å²) in [6, 6.07) is 9.71. The lowest BCUT2D eigenvalue weighted by atomic mass is 9.84. The maximum atomic E-state index is 12.3. The van der Waals surface area contributed by atoms with E-state index in [1.807, 2.05) is 24.3 Å². The number of rotatable bonds is 1. The van der Waals surface area contributed by atoms with Crippen molar-refractivity contribution in [3.05, 3.63) is 53.3 Å². The zero-order chi connectivity index (χ0) is 13.4. The number of Topliss-reactive ketones (excluding diaryl/α,β-unsaturated/α-hetero) is 1. The van der Waals surface area contributed by atoms with Gasteiger partial charge in [0.2, 0.25) is 0 Å². The third-order valence-corrected chi connectivity index (χ3v) is 3.67.